The van der Waals surface area contributed by atoms with Crippen LogP contribution >= 0.6 is 38.7 Å². The van der Waals surface area contributed by atoms with E-state index in [0.29, 0.717) is 0 Å². The topological polar surface area (TPSA) is 0 Å². The van der Waals surface area contributed by atoms with E-state index >= 15 is 0 Å². The molecule has 0 aromatic heterocycles. The molecule has 2 atom stereocenters. The van der Waals surface area contributed by atoms with E-state index in [4.69, 9.17) is 0 Å². The van der Waals surface area contributed by atoms with Crippen molar-refractivity contribution in [2.45, 2.75) is 3.56 Å². The molecule has 0 aromatic rings. The van der Waals surface area contributed by atoms with Crippen LogP contribution in [0, 0.1) is 0 Å². The normalized spacial score (nSPS) is 44.0. The summed E-state index contributed by atoms with van der Waals surface area (Å²) in [5, 5.41) is 0. The minimum Gasteiger partial charge on any atom is -0.0837 e. The zero-order chi connectivity index (χ0) is 4.04. The Morgan fingerprint density at radius 1 is 1.33 bits per heavy atom. The summed E-state index contributed by atoms with van der Waals surface area (Å²) in [6, 6.07) is 0. The molecule has 0 nitrogen and oxygen atoms in total. The van der Waals surface area contributed by atoms with Crippen molar-refractivity contribution in [2.75, 3.05) is 5.90 Å². The van der Waals surface area contributed by atoms with Crippen LogP contribution in [-0.2, 0) is 0 Å². The minimum absolute atomic E-state index is 0.861. The van der Waals surface area contributed by atoms with Gasteiger partial charge in [0.2, 0.25) is 0 Å². The van der Waals surface area contributed by atoms with Crippen molar-refractivity contribution >= 4 is 38.7 Å². The molecule has 0 radical (unpaired) electrons. The summed E-state index contributed by atoms with van der Waals surface area (Å²) in [7, 11) is 6.79. The number of rotatable bonds is 0. The summed E-state index contributed by atoms with van der Waals surface area (Å²) in [6.07, 6.45) is 0. The molecule has 0 amide bonds. The fraction of sp³-hybridized carbons (Fsp3) is 1.00. The van der Waals surface area contributed by atoms with Crippen molar-refractivity contribution in [2.24, 2.45) is 0 Å². The lowest BCUT2D eigenvalue weighted by atomic mass is 11.7. The Balaban J connectivity index is 2.09. The average Bonchev–Trinajstić information content (AvgIpc) is 2.02. The second-order valence-corrected chi connectivity index (χ2v) is 9.70. The maximum atomic E-state index is 2.10. The van der Waals surface area contributed by atoms with Gasteiger partial charge >= 0.3 is 0 Å². The molecule has 2 saturated heterocycles. The van der Waals surface area contributed by atoms with Gasteiger partial charge in [0, 0.05) is 0 Å². The van der Waals surface area contributed by atoms with E-state index in [2.05, 4.69) is 21.6 Å². The predicted octanol–water partition coefficient (Wildman–Crippen LogP) is 2.32. The summed E-state index contributed by atoms with van der Waals surface area (Å²) in [5.74, 6) is 1.54. The van der Waals surface area contributed by atoms with Gasteiger partial charge < -0.3 is 0 Å². The highest BCUT2D eigenvalue weighted by molar-refractivity contribution is 8.98. The molecule has 4 heteroatoms. The second-order valence-electron chi connectivity index (χ2n) is 1.31. The van der Waals surface area contributed by atoms with Gasteiger partial charge in [-0.2, -0.15) is 0 Å². The molecule has 2 heterocycles. The fourth-order valence-corrected chi connectivity index (χ4v) is 9.00. The van der Waals surface area contributed by atoms with Gasteiger partial charge in [-0.15, -0.1) is 0 Å². The summed E-state index contributed by atoms with van der Waals surface area (Å²) < 4.78 is 0.861. The average molecular weight is 154 g/mol. The molecule has 2 unspecified atom stereocenters. The lowest BCUT2D eigenvalue weighted by Crippen LogP contribution is -1.95. The van der Waals surface area contributed by atoms with Crippen LogP contribution in [0.2, 0.25) is 0 Å². The van der Waals surface area contributed by atoms with Gasteiger partial charge in [-0.05, 0) is 5.90 Å². The minimum atomic E-state index is 0.861. The van der Waals surface area contributed by atoms with Gasteiger partial charge in [-0.1, -0.05) is 38.7 Å². The lowest BCUT2D eigenvalue weighted by Gasteiger charge is -2.19. The van der Waals surface area contributed by atoms with Crippen LogP contribution in [0.1, 0.15) is 0 Å². The van der Waals surface area contributed by atoms with Gasteiger partial charge in [0.25, 0.3) is 0 Å². The van der Waals surface area contributed by atoms with Gasteiger partial charge in [-0.3, -0.25) is 0 Å². The molecular formula is C2H4P2S2. The first-order chi connectivity index (χ1) is 2.91. The van der Waals surface area contributed by atoms with Gasteiger partial charge in [0.05, 0.1) is 0 Å². The van der Waals surface area contributed by atoms with Crippen molar-refractivity contribution in [3.63, 3.8) is 0 Å². The number of hydrogen-bond donors (Lipinski definition) is 0. The van der Waals surface area contributed by atoms with Gasteiger partial charge in [-0.25, -0.2) is 0 Å². The highest BCUT2D eigenvalue weighted by Gasteiger charge is 2.51. The van der Waals surface area contributed by atoms with E-state index in [9.17, 15) is 0 Å². The Hall–Kier alpha value is 1.56. The van der Waals surface area contributed by atoms with Gasteiger partial charge in [0.1, 0.15) is 3.56 Å². The highest BCUT2D eigenvalue weighted by atomic mass is 33.2. The van der Waals surface area contributed by atoms with Crippen LogP contribution in [0.25, 0.3) is 0 Å². The molecule has 2 fully saturated rings. The van der Waals surface area contributed by atoms with Crippen LogP contribution in [0.4, 0.5) is 0 Å². The first-order valence-electron chi connectivity index (χ1n) is 1.78. The molecule has 2 aliphatic heterocycles. The standard InChI is InChI=1S/C2H4P2S2/c1-3-2(4-1)5-6-2/h3-4H,1H2. The third-order valence-corrected chi connectivity index (χ3v) is 11.0. The van der Waals surface area contributed by atoms with Crippen LogP contribution in [0.15, 0.2) is 0 Å². The maximum absolute atomic E-state index is 2.10. The van der Waals surface area contributed by atoms with Crippen molar-refractivity contribution in [3.05, 3.63) is 0 Å². The Morgan fingerprint density at radius 2 is 2.00 bits per heavy atom. The van der Waals surface area contributed by atoms with E-state index in [1.54, 1.807) is 5.90 Å². The first-order valence-corrected chi connectivity index (χ1v) is 6.35. The van der Waals surface area contributed by atoms with Crippen LogP contribution in [0.3, 0.4) is 0 Å². The van der Waals surface area contributed by atoms with E-state index < -0.39 is 0 Å². The largest absolute Gasteiger partial charge is 0.114 e. The highest BCUT2D eigenvalue weighted by Crippen LogP contribution is 2.88. The third kappa shape index (κ3) is 0.545. The second kappa shape index (κ2) is 1.29. The first kappa shape index (κ1) is 4.44. The van der Waals surface area contributed by atoms with Crippen LogP contribution in [-0.4, -0.2) is 9.46 Å². The Bertz CT molecular complexity index is 73.6. The zero-order valence-electron chi connectivity index (χ0n) is 3.02. The van der Waals surface area contributed by atoms with E-state index in [-0.39, 0.29) is 0 Å². The maximum Gasteiger partial charge on any atom is 0.114 e. The van der Waals surface area contributed by atoms with Gasteiger partial charge in [0.15, 0.2) is 0 Å². The van der Waals surface area contributed by atoms with E-state index in [1.165, 1.54) is 17.2 Å². The molecule has 2 aliphatic rings. The molecule has 0 saturated carbocycles. The van der Waals surface area contributed by atoms with Crippen molar-refractivity contribution in [1.82, 2.24) is 0 Å². The molecule has 1 spiro atoms. The van der Waals surface area contributed by atoms with Crippen molar-refractivity contribution in [1.29, 1.82) is 0 Å². The zero-order valence-corrected chi connectivity index (χ0v) is 6.66. The van der Waals surface area contributed by atoms with Crippen LogP contribution < -0.4 is 0 Å². The summed E-state index contributed by atoms with van der Waals surface area (Å²) in [5.41, 5.74) is 0. The molecule has 34 valence electrons. The number of hydrogen-bond acceptors (Lipinski definition) is 2. The molecule has 0 aliphatic carbocycles. The Labute approximate surface area is 48.6 Å². The smallest absolute Gasteiger partial charge is 0.0837 e. The Kier molecular flexibility index (Phi) is 0.951. The monoisotopic (exact) mass is 154 g/mol. The molecule has 0 bridgehead atoms. The van der Waals surface area contributed by atoms with Crippen LogP contribution in [0.5, 0.6) is 0 Å². The molecule has 6 heavy (non-hydrogen) atoms. The summed E-state index contributed by atoms with van der Waals surface area (Å²) >= 11 is 0. The van der Waals surface area contributed by atoms with E-state index in [0.717, 1.165) is 3.56 Å². The van der Waals surface area contributed by atoms with E-state index in [1.807, 2.05) is 0 Å². The SMILES string of the molecule is C1PC2(P1)SS2. The van der Waals surface area contributed by atoms with Crippen molar-refractivity contribution in [3.8, 4) is 0 Å². The fourth-order valence-electron chi connectivity index (χ4n) is 0.392. The summed E-state index contributed by atoms with van der Waals surface area (Å²) in [4.78, 5) is 0. The molecule has 2 rings (SSSR count). The molecular weight excluding hydrogens is 150 g/mol. The van der Waals surface area contributed by atoms with Crippen molar-refractivity contribution < 1.29 is 0 Å². The molecule has 0 N–H and O–H groups in total. The quantitative estimate of drug-likeness (QED) is 0.298. The third-order valence-electron chi connectivity index (χ3n) is 0.892. The predicted molar refractivity (Wildman–Crippen MR) is 39.4 cm³/mol. The summed E-state index contributed by atoms with van der Waals surface area (Å²) in [6.45, 7) is 0. The Morgan fingerprint density at radius 3 is 2.00 bits per heavy atom. The lowest BCUT2D eigenvalue weighted by molar-refractivity contribution is 1.79. The molecule has 0 aromatic carbocycles.